The van der Waals surface area contributed by atoms with Crippen LogP contribution < -0.4 is 19.5 Å². The molecular formula is C21H22N2O4. The summed E-state index contributed by atoms with van der Waals surface area (Å²) in [7, 11) is 4.70. The molecule has 1 amide bonds. The first kappa shape index (κ1) is 19.9. The van der Waals surface area contributed by atoms with Crippen LogP contribution in [-0.2, 0) is 11.2 Å². The van der Waals surface area contributed by atoms with Crippen LogP contribution in [0.15, 0.2) is 48.0 Å². The topological polar surface area (TPSA) is 80.6 Å². The lowest BCUT2D eigenvalue weighted by Crippen LogP contribution is -2.26. The Kier molecular flexibility index (Phi) is 7.26. The number of carbonyl (C=O) groups excluding carboxylic acids is 1. The second-order valence-corrected chi connectivity index (χ2v) is 5.61. The molecule has 1 N–H and O–H groups in total. The zero-order valence-electron chi connectivity index (χ0n) is 15.6. The van der Waals surface area contributed by atoms with Crippen molar-refractivity contribution in [2.75, 3.05) is 27.9 Å². The summed E-state index contributed by atoms with van der Waals surface area (Å²) < 4.78 is 15.7. The smallest absolute Gasteiger partial charge is 0.261 e. The number of hydrogen-bond acceptors (Lipinski definition) is 5. The van der Waals surface area contributed by atoms with Gasteiger partial charge in [-0.1, -0.05) is 24.3 Å². The van der Waals surface area contributed by atoms with Gasteiger partial charge in [-0.05, 0) is 36.3 Å². The van der Waals surface area contributed by atoms with Crippen LogP contribution in [0, 0.1) is 11.3 Å². The first-order valence-corrected chi connectivity index (χ1v) is 8.36. The normalized spacial score (nSPS) is 10.7. The monoisotopic (exact) mass is 366 g/mol. The first-order chi connectivity index (χ1) is 13.1. The number of methoxy groups -OCH3 is 3. The number of benzene rings is 2. The molecule has 0 fully saturated rings. The van der Waals surface area contributed by atoms with Crippen LogP contribution >= 0.6 is 0 Å². The van der Waals surface area contributed by atoms with Crippen LogP contribution in [0.25, 0.3) is 6.08 Å². The van der Waals surface area contributed by atoms with Crippen LogP contribution in [-0.4, -0.2) is 33.8 Å². The summed E-state index contributed by atoms with van der Waals surface area (Å²) in [6.07, 6.45) is 2.12. The van der Waals surface area contributed by atoms with E-state index in [0.29, 0.717) is 35.8 Å². The molecule has 0 aromatic heterocycles. The Morgan fingerprint density at radius 1 is 1.04 bits per heavy atom. The van der Waals surface area contributed by atoms with E-state index in [1.165, 1.54) is 6.08 Å². The van der Waals surface area contributed by atoms with Crippen molar-refractivity contribution in [3.63, 3.8) is 0 Å². The fourth-order valence-corrected chi connectivity index (χ4v) is 2.54. The van der Waals surface area contributed by atoms with Gasteiger partial charge < -0.3 is 19.5 Å². The van der Waals surface area contributed by atoms with Crippen molar-refractivity contribution in [3.8, 4) is 23.3 Å². The van der Waals surface area contributed by atoms with Crippen molar-refractivity contribution in [2.24, 2.45) is 0 Å². The Bertz CT molecular complexity index is 869. The van der Waals surface area contributed by atoms with Crippen LogP contribution in [0.1, 0.15) is 11.1 Å². The van der Waals surface area contributed by atoms with Crippen molar-refractivity contribution in [1.29, 1.82) is 5.26 Å². The molecule has 2 aromatic carbocycles. The number of nitrogens with zero attached hydrogens (tertiary/aromatic N) is 1. The minimum Gasteiger partial charge on any atom is -0.496 e. The molecule has 0 atom stereocenters. The van der Waals surface area contributed by atoms with E-state index in [1.54, 1.807) is 33.5 Å². The minimum absolute atomic E-state index is 0.0202. The molecule has 0 unspecified atom stereocenters. The van der Waals surface area contributed by atoms with E-state index >= 15 is 0 Å². The van der Waals surface area contributed by atoms with E-state index in [9.17, 15) is 10.1 Å². The molecule has 0 bridgehead atoms. The van der Waals surface area contributed by atoms with Crippen molar-refractivity contribution < 1.29 is 19.0 Å². The van der Waals surface area contributed by atoms with Gasteiger partial charge in [0.25, 0.3) is 5.91 Å². The summed E-state index contributed by atoms with van der Waals surface area (Å²) in [5.41, 5.74) is 1.68. The highest BCUT2D eigenvalue weighted by molar-refractivity contribution is 6.01. The third-order valence-electron chi connectivity index (χ3n) is 3.95. The molecule has 0 saturated carbocycles. The Balaban J connectivity index is 2.02. The van der Waals surface area contributed by atoms with Crippen molar-refractivity contribution in [1.82, 2.24) is 5.32 Å². The lowest BCUT2D eigenvalue weighted by atomic mass is 10.1. The van der Waals surface area contributed by atoms with Crippen LogP contribution in [0.5, 0.6) is 17.2 Å². The fraction of sp³-hybridized carbons (Fsp3) is 0.238. The summed E-state index contributed by atoms with van der Waals surface area (Å²) in [6, 6.07) is 14.7. The van der Waals surface area contributed by atoms with Crippen molar-refractivity contribution >= 4 is 12.0 Å². The van der Waals surface area contributed by atoms with Crippen LogP contribution in [0.2, 0.25) is 0 Å². The quantitative estimate of drug-likeness (QED) is 0.574. The molecule has 140 valence electrons. The molecule has 2 aromatic rings. The lowest BCUT2D eigenvalue weighted by molar-refractivity contribution is -0.117. The SMILES string of the molecule is COc1ccccc1/C=C(/C#N)C(=O)NCCc1ccc(OC)c(OC)c1. The third-order valence-corrected chi connectivity index (χ3v) is 3.95. The Labute approximate surface area is 159 Å². The molecular weight excluding hydrogens is 344 g/mol. The molecule has 0 aliphatic carbocycles. The zero-order valence-corrected chi connectivity index (χ0v) is 15.6. The number of hydrogen-bond donors (Lipinski definition) is 1. The van der Waals surface area contributed by atoms with Gasteiger partial charge in [0.1, 0.15) is 17.4 Å². The average Bonchev–Trinajstić information content (AvgIpc) is 2.71. The average molecular weight is 366 g/mol. The summed E-state index contributed by atoms with van der Waals surface area (Å²) in [4.78, 5) is 12.3. The number of ether oxygens (including phenoxy) is 3. The predicted molar refractivity (Wildman–Crippen MR) is 103 cm³/mol. The highest BCUT2D eigenvalue weighted by atomic mass is 16.5. The summed E-state index contributed by atoms with van der Waals surface area (Å²) >= 11 is 0. The number of para-hydroxylation sites is 1. The Morgan fingerprint density at radius 2 is 1.74 bits per heavy atom. The molecule has 0 spiro atoms. The molecule has 0 saturated heterocycles. The molecule has 2 rings (SSSR count). The standard InChI is InChI=1S/C21H22N2O4/c1-25-18-7-5-4-6-16(18)13-17(14-22)21(24)23-11-10-15-8-9-19(26-2)20(12-15)27-3/h4-9,12-13H,10-11H2,1-3H3,(H,23,24)/b17-13-. The maximum Gasteiger partial charge on any atom is 0.261 e. The highest BCUT2D eigenvalue weighted by Crippen LogP contribution is 2.27. The number of nitriles is 1. The van der Waals surface area contributed by atoms with E-state index in [1.807, 2.05) is 36.4 Å². The van der Waals surface area contributed by atoms with Crippen LogP contribution in [0.4, 0.5) is 0 Å². The molecule has 0 heterocycles. The van der Waals surface area contributed by atoms with E-state index < -0.39 is 5.91 Å². The molecule has 6 heteroatoms. The van der Waals surface area contributed by atoms with E-state index in [-0.39, 0.29) is 5.57 Å². The van der Waals surface area contributed by atoms with Gasteiger partial charge in [-0.25, -0.2) is 0 Å². The van der Waals surface area contributed by atoms with E-state index in [2.05, 4.69) is 5.32 Å². The van der Waals surface area contributed by atoms with Gasteiger partial charge in [-0.3, -0.25) is 4.79 Å². The van der Waals surface area contributed by atoms with Crippen LogP contribution in [0.3, 0.4) is 0 Å². The Morgan fingerprint density at radius 3 is 2.41 bits per heavy atom. The maximum atomic E-state index is 12.3. The molecule has 0 radical (unpaired) electrons. The van der Waals surface area contributed by atoms with Gasteiger partial charge in [0.2, 0.25) is 0 Å². The largest absolute Gasteiger partial charge is 0.496 e. The van der Waals surface area contributed by atoms with Gasteiger partial charge in [0.05, 0.1) is 21.3 Å². The zero-order chi connectivity index (χ0) is 19.6. The molecule has 27 heavy (non-hydrogen) atoms. The molecule has 0 aliphatic rings. The number of carbonyl (C=O) groups is 1. The van der Waals surface area contributed by atoms with Gasteiger partial charge in [-0.2, -0.15) is 5.26 Å². The van der Waals surface area contributed by atoms with E-state index in [4.69, 9.17) is 14.2 Å². The third kappa shape index (κ3) is 5.25. The number of nitrogens with one attached hydrogen (secondary N) is 1. The van der Waals surface area contributed by atoms with Crippen molar-refractivity contribution in [2.45, 2.75) is 6.42 Å². The van der Waals surface area contributed by atoms with Gasteiger partial charge >= 0.3 is 0 Å². The van der Waals surface area contributed by atoms with Gasteiger partial charge in [0.15, 0.2) is 11.5 Å². The summed E-state index contributed by atoms with van der Waals surface area (Å²) in [5, 5.41) is 12.1. The highest BCUT2D eigenvalue weighted by Gasteiger charge is 2.11. The van der Waals surface area contributed by atoms with Crippen molar-refractivity contribution in [3.05, 3.63) is 59.2 Å². The molecule has 6 nitrogen and oxygen atoms in total. The second kappa shape index (κ2) is 9.88. The van der Waals surface area contributed by atoms with E-state index in [0.717, 1.165) is 5.56 Å². The van der Waals surface area contributed by atoms with Gasteiger partial charge in [-0.15, -0.1) is 0 Å². The van der Waals surface area contributed by atoms with Gasteiger partial charge in [0, 0.05) is 12.1 Å². The fourth-order valence-electron chi connectivity index (χ4n) is 2.54. The summed E-state index contributed by atoms with van der Waals surface area (Å²) in [6.45, 7) is 0.388. The number of rotatable bonds is 8. The Hall–Kier alpha value is -3.46. The number of amides is 1. The first-order valence-electron chi connectivity index (χ1n) is 8.36. The second-order valence-electron chi connectivity index (χ2n) is 5.61. The summed E-state index contributed by atoms with van der Waals surface area (Å²) in [5.74, 6) is 1.46. The lowest BCUT2D eigenvalue weighted by Gasteiger charge is -2.10. The minimum atomic E-state index is -0.427. The predicted octanol–water partition coefficient (Wildman–Crippen LogP) is 2.98. The molecule has 0 aliphatic heterocycles. The maximum absolute atomic E-state index is 12.3.